The first kappa shape index (κ1) is 18.0. The fourth-order valence-corrected chi connectivity index (χ4v) is 4.57. The third-order valence-corrected chi connectivity index (χ3v) is 7.14. The van der Waals surface area contributed by atoms with Gasteiger partial charge in [0.25, 0.3) is 0 Å². The van der Waals surface area contributed by atoms with Crippen molar-refractivity contribution in [1.29, 1.82) is 0 Å². The number of allylic oxidation sites excluding steroid dienone is 6. The fraction of sp³-hybridized carbons (Fsp3) is 0.609. The van der Waals surface area contributed by atoms with Crippen molar-refractivity contribution in [2.45, 2.75) is 57.8 Å². The third kappa shape index (κ3) is 3.20. The van der Waals surface area contributed by atoms with Crippen molar-refractivity contribution in [3.05, 3.63) is 41.5 Å². The summed E-state index contributed by atoms with van der Waals surface area (Å²) in [5.41, 5.74) is 3.55. The van der Waals surface area contributed by atoms with Gasteiger partial charge in [0.05, 0.1) is 0 Å². The number of nitrogens with one attached hydrogen (secondary N) is 1. The van der Waals surface area contributed by atoms with Crippen LogP contribution in [-0.2, 0) is 5.41 Å². The van der Waals surface area contributed by atoms with E-state index in [1.54, 1.807) is 0 Å². The first-order valence-electron chi connectivity index (χ1n) is 11.0. The van der Waals surface area contributed by atoms with Crippen molar-refractivity contribution in [2.24, 2.45) is 5.41 Å². The van der Waals surface area contributed by atoms with Crippen molar-refractivity contribution in [3.8, 4) is 0 Å². The van der Waals surface area contributed by atoms with E-state index in [-0.39, 0.29) is 5.41 Å². The number of hydrogen-bond acceptors (Lipinski definition) is 5. The minimum absolute atomic E-state index is 0.179. The summed E-state index contributed by atoms with van der Waals surface area (Å²) in [5.74, 6) is 2.61. The zero-order valence-corrected chi connectivity index (χ0v) is 17.2. The highest BCUT2D eigenvalue weighted by Crippen LogP contribution is 2.61. The van der Waals surface area contributed by atoms with E-state index in [1.165, 1.54) is 43.3 Å². The number of rotatable bonds is 8. The van der Waals surface area contributed by atoms with Gasteiger partial charge in [-0.2, -0.15) is 9.97 Å². The molecule has 3 aliphatic carbocycles. The molecule has 2 fully saturated rings. The number of hydrogen-bond donors (Lipinski definition) is 1. The highest BCUT2D eigenvalue weighted by atomic mass is 15.2. The van der Waals surface area contributed by atoms with Gasteiger partial charge in [-0.15, -0.1) is 0 Å². The van der Waals surface area contributed by atoms with Crippen LogP contribution >= 0.6 is 0 Å². The van der Waals surface area contributed by atoms with Gasteiger partial charge in [0, 0.05) is 18.5 Å². The molecule has 0 radical (unpaired) electrons. The molecule has 1 N–H and O–H groups in total. The largest absolute Gasteiger partial charge is 0.353 e. The van der Waals surface area contributed by atoms with Crippen LogP contribution in [0, 0.1) is 5.41 Å². The molecule has 5 rings (SSSR count). The number of nitrogens with zero attached hydrogens (tertiary/aromatic N) is 4. The highest BCUT2D eigenvalue weighted by molar-refractivity contribution is 5.67. The van der Waals surface area contributed by atoms with E-state index in [9.17, 15) is 0 Å². The minimum Gasteiger partial charge on any atom is -0.353 e. The summed E-state index contributed by atoms with van der Waals surface area (Å²) in [4.78, 5) is 16.7. The van der Waals surface area contributed by atoms with Crippen LogP contribution in [0.15, 0.2) is 29.9 Å². The molecule has 5 heteroatoms. The topological polar surface area (TPSA) is 53.9 Å². The van der Waals surface area contributed by atoms with Crippen LogP contribution in [-0.4, -0.2) is 46.0 Å². The van der Waals surface area contributed by atoms with Gasteiger partial charge in [-0.05, 0) is 68.2 Å². The zero-order valence-electron chi connectivity index (χ0n) is 17.2. The Balaban J connectivity index is 1.31. The number of fused-ring (bicyclic) bond motifs is 3. The molecule has 2 heterocycles. The van der Waals surface area contributed by atoms with Crippen LogP contribution in [0.1, 0.15) is 64.0 Å². The van der Waals surface area contributed by atoms with E-state index in [0.29, 0.717) is 5.41 Å². The van der Waals surface area contributed by atoms with Crippen molar-refractivity contribution in [1.82, 2.24) is 19.9 Å². The average Bonchev–Trinajstić information content (AvgIpc) is 3.61. The summed E-state index contributed by atoms with van der Waals surface area (Å²) in [5, 5.41) is 3.43. The molecule has 0 amide bonds. The molecule has 2 saturated carbocycles. The molecule has 5 nitrogen and oxygen atoms in total. The fourth-order valence-electron chi connectivity index (χ4n) is 4.57. The molecular formula is C23H31N5. The standard InChI is InChI=1S/C23H31N5/c1-3-28(4-2)15-14-24-21-26-19-17(16-23(12-13-23)20(25-19)27-21)6-5-7-18-8-9-22(18)10-11-22/h5-8H,3-4,9-16H2,1-2H3,(H,24,25,26,27). The number of anilines is 1. The van der Waals surface area contributed by atoms with E-state index in [2.05, 4.69) is 48.4 Å². The van der Waals surface area contributed by atoms with E-state index < -0.39 is 0 Å². The van der Waals surface area contributed by atoms with Crippen LogP contribution in [0.2, 0.25) is 0 Å². The molecule has 1 aromatic heterocycles. The van der Waals surface area contributed by atoms with Gasteiger partial charge in [0.15, 0.2) is 5.82 Å². The maximum absolute atomic E-state index is 4.79. The first-order chi connectivity index (χ1) is 13.7. The lowest BCUT2D eigenvalue weighted by Gasteiger charge is -2.24. The SMILES string of the molecule is CCN(CC)CCNc1nc2nc(n1)C1(CC1)CC2=CC=CC1=CCC12CC2. The van der Waals surface area contributed by atoms with Gasteiger partial charge in [-0.25, -0.2) is 4.98 Å². The molecule has 4 aliphatic rings. The van der Waals surface area contributed by atoms with E-state index in [4.69, 9.17) is 15.0 Å². The summed E-state index contributed by atoms with van der Waals surface area (Å²) in [6.07, 6.45) is 16.6. The second kappa shape index (κ2) is 6.80. The van der Waals surface area contributed by atoms with Crippen molar-refractivity contribution >= 4 is 11.5 Å². The Kier molecular flexibility index (Phi) is 4.38. The zero-order chi connectivity index (χ0) is 19.2. The predicted molar refractivity (Wildman–Crippen MR) is 113 cm³/mol. The Morgan fingerprint density at radius 3 is 2.50 bits per heavy atom. The minimum atomic E-state index is 0.179. The first-order valence-corrected chi connectivity index (χ1v) is 11.0. The molecule has 0 atom stereocenters. The van der Waals surface area contributed by atoms with Crippen LogP contribution in [0.5, 0.6) is 0 Å². The number of aromatic nitrogens is 3. The van der Waals surface area contributed by atoms with Crippen LogP contribution in [0.3, 0.4) is 0 Å². The van der Waals surface area contributed by atoms with E-state index in [0.717, 1.165) is 50.2 Å². The van der Waals surface area contributed by atoms with Crippen molar-refractivity contribution in [2.75, 3.05) is 31.5 Å². The van der Waals surface area contributed by atoms with Crippen LogP contribution < -0.4 is 5.32 Å². The van der Waals surface area contributed by atoms with Crippen molar-refractivity contribution in [3.63, 3.8) is 0 Å². The lowest BCUT2D eigenvalue weighted by molar-refractivity contribution is 0.315. The Morgan fingerprint density at radius 1 is 1.07 bits per heavy atom. The van der Waals surface area contributed by atoms with E-state index in [1.807, 2.05) is 0 Å². The van der Waals surface area contributed by atoms with Gasteiger partial charge in [-0.1, -0.05) is 38.2 Å². The van der Waals surface area contributed by atoms with Gasteiger partial charge < -0.3 is 10.2 Å². The van der Waals surface area contributed by atoms with Crippen LogP contribution in [0.4, 0.5) is 5.95 Å². The summed E-state index contributed by atoms with van der Waals surface area (Å²) >= 11 is 0. The summed E-state index contributed by atoms with van der Waals surface area (Å²) < 4.78 is 0. The second-order valence-electron chi connectivity index (χ2n) is 8.91. The van der Waals surface area contributed by atoms with Gasteiger partial charge in [0.2, 0.25) is 5.95 Å². The normalized spacial score (nSPS) is 24.1. The molecule has 2 spiro atoms. The maximum atomic E-state index is 4.79. The number of likely N-dealkylation sites (N-methyl/N-ethyl adjacent to an activating group) is 1. The lowest BCUT2D eigenvalue weighted by Crippen LogP contribution is -2.29. The Hall–Kier alpha value is -2.01. The Morgan fingerprint density at radius 2 is 1.86 bits per heavy atom. The maximum Gasteiger partial charge on any atom is 0.226 e. The van der Waals surface area contributed by atoms with Crippen molar-refractivity contribution < 1.29 is 0 Å². The smallest absolute Gasteiger partial charge is 0.226 e. The third-order valence-electron chi connectivity index (χ3n) is 7.14. The van der Waals surface area contributed by atoms with Gasteiger partial charge in [0.1, 0.15) is 5.82 Å². The monoisotopic (exact) mass is 377 g/mol. The molecule has 0 saturated heterocycles. The Bertz CT molecular complexity index is 854. The molecule has 2 bridgehead atoms. The molecule has 148 valence electrons. The molecule has 0 aromatic carbocycles. The van der Waals surface area contributed by atoms with E-state index >= 15 is 0 Å². The predicted octanol–water partition coefficient (Wildman–Crippen LogP) is 4.11. The van der Waals surface area contributed by atoms with Crippen LogP contribution in [0.25, 0.3) is 5.57 Å². The summed E-state index contributed by atoms with van der Waals surface area (Å²) in [6, 6.07) is 0. The van der Waals surface area contributed by atoms with Gasteiger partial charge >= 0.3 is 0 Å². The van der Waals surface area contributed by atoms with Gasteiger partial charge in [-0.3, -0.25) is 0 Å². The average molecular weight is 378 g/mol. The second-order valence-corrected chi connectivity index (χ2v) is 8.91. The molecule has 28 heavy (non-hydrogen) atoms. The quantitative estimate of drug-likeness (QED) is 0.739. The molecule has 1 aromatic rings. The Labute approximate surface area is 168 Å². The molecular weight excluding hydrogens is 346 g/mol. The summed E-state index contributed by atoms with van der Waals surface area (Å²) in [6.45, 7) is 8.43. The highest BCUT2D eigenvalue weighted by Gasteiger charge is 2.50. The molecule has 1 aliphatic heterocycles. The lowest BCUT2D eigenvalue weighted by atomic mass is 9.81. The molecule has 0 unspecified atom stereocenters. The summed E-state index contributed by atoms with van der Waals surface area (Å²) in [7, 11) is 0.